The number of likely N-dealkylation sites (N-methyl/N-ethyl adjacent to an activating group) is 1. The molecular formula is C22H40IN5. The first-order valence-electron chi connectivity index (χ1n) is 10.5. The zero-order valence-electron chi connectivity index (χ0n) is 18.3. The van der Waals surface area contributed by atoms with Gasteiger partial charge in [-0.25, -0.2) is 0 Å². The average Bonchev–Trinajstić information content (AvgIpc) is 2.69. The summed E-state index contributed by atoms with van der Waals surface area (Å²) in [5.74, 6) is 0.932. The summed E-state index contributed by atoms with van der Waals surface area (Å²) in [7, 11) is 4.05. The molecule has 1 fully saturated rings. The van der Waals surface area contributed by atoms with Crippen LogP contribution in [-0.2, 0) is 6.54 Å². The van der Waals surface area contributed by atoms with Crippen molar-refractivity contribution >= 4 is 29.9 Å². The van der Waals surface area contributed by atoms with Gasteiger partial charge in [0.2, 0.25) is 0 Å². The lowest BCUT2D eigenvalue weighted by atomic mass is 9.97. The third-order valence-electron chi connectivity index (χ3n) is 5.91. The van der Waals surface area contributed by atoms with Crippen LogP contribution in [0.25, 0.3) is 0 Å². The van der Waals surface area contributed by atoms with Crippen molar-refractivity contribution in [2.75, 3.05) is 33.7 Å². The molecule has 1 aromatic rings. The van der Waals surface area contributed by atoms with E-state index in [0.29, 0.717) is 18.1 Å². The van der Waals surface area contributed by atoms with Crippen LogP contribution in [0.4, 0.5) is 0 Å². The van der Waals surface area contributed by atoms with Crippen LogP contribution < -0.4 is 10.6 Å². The average molecular weight is 502 g/mol. The Balaban J connectivity index is 0.00000392. The molecule has 1 aromatic carbocycles. The first-order chi connectivity index (χ1) is 13.0. The zero-order chi connectivity index (χ0) is 19.6. The summed E-state index contributed by atoms with van der Waals surface area (Å²) in [5.41, 5.74) is 1.40. The summed E-state index contributed by atoms with van der Waals surface area (Å²) >= 11 is 0. The first-order valence-corrected chi connectivity index (χ1v) is 10.5. The summed E-state index contributed by atoms with van der Waals surface area (Å²) in [6.45, 7) is 11.0. The molecule has 3 atom stereocenters. The molecule has 0 bridgehead atoms. The standard InChI is InChI=1S/C22H39N5.HI/c1-6-18(2)26(5)15-13-24-22(23-4)25-21-12-14-27(19(3)16-21)17-20-10-8-7-9-11-20;/h7-11,18-19,21H,6,12-17H2,1-5H3,(H2,23,24,25);1H. The van der Waals surface area contributed by atoms with Gasteiger partial charge in [-0.3, -0.25) is 9.89 Å². The molecule has 0 spiro atoms. The van der Waals surface area contributed by atoms with Crippen LogP contribution in [0, 0.1) is 0 Å². The van der Waals surface area contributed by atoms with E-state index in [-0.39, 0.29) is 24.0 Å². The minimum absolute atomic E-state index is 0. The van der Waals surface area contributed by atoms with Crippen LogP contribution in [0.2, 0.25) is 0 Å². The van der Waals surface area contributed by atoms with Crippen LogP contribution in [0.5, 0.6) is 0 Å². The molecule has 160 valence electrons. The summed E-state index contributed by atoms with van der Waals surface area (Å²) in [6, 6.07) is 12.5. The van der Waals surface area contributed by atoms with Gasteiger partial charge in [-0.15, -0.1) is 24.0 Å². The fraction of sp³-hybridized carbons (Fsp3) is 0.682. The molecule has 1 aliphatic heterocycles. The fourth-order valence-corrected chi connectivity index (χ4v) is 3.68. The van der Waals surface area contributed by atoms with Gasteiger partial charge in [0.15, 0.2) is 5.96 Å². The third-order valence-corrected chi connectivity index (χ3v) is 5.91. The van der Waals surface area contributed by atoms with Gasteiger partial charge in [0.1, 0.15) is 0 Å². The zero-order valence-corrected chi connectivity index (χ0v) is 20.6. The first kappa shape index (κ1) is 25.2. The van der Waals surface area contributed by atoms with Crippen LogP contribution in [0.15, 0.2) is 35.3 Å². The quantitative estimate of drug-likeness (QED) is 0.325. The molecule has 1 saturated heterocycles. The predicted octanol–water partition coefficient (Wildman–Crippen LogP) is 3.55. The molecule has 2 rings (SSSR count). The Hall–Kier alpha value is -0.860. The molecule has 28 heavy (non-hydrogen) atoms. The molecule has 1 aliphatic rings. The number of hydrogen-bond acceptors (Lipinski definition) is 3. The highest BCUT2D eigenvalue weighted by atomic mass is 127. The van der Waals surface area contributed by atoms with Crippen molar-refractivity contribution in [2.45, 2.75) is 64.7 Å². The van der Waals surface area contributed by atoms with Crippen LogP contribution in [0.3, 0.4) is 0 Å². The van der Waals surface area contributed by atoms with Gasteiger partial charge in [-0.2, -0.15) is 0 Å². The fourth-order valence-electron chi connectivity index (χ4n) is 3.68. The summed E-state index contributed by atoms with van der Waals surface area (Å²) < 4.78 is 0. The smallest absolute Gasteiger partial charge is 0.191 e. The molecule has 0 aliphatic carbocycles. The van der Waals surface area contributed by atoms with Crippen LogP contribution in [0.1, 0.15) is 45.6 Å². The van der Waals surface area contributed by atoms with E-state index in [4.69, 9.17) is 0 Å². The van der Waals surface area contributed by atoms with E-state index in [1.807, 2.05) is 7.05 Å². The van der Waals surface area contributed by atoms with E-state index in [1.54, 1.807) is 0 Å². The summed E-state index contributed by atoms with van der Waals surface area (Å²) in [4.78, 5) is 9.40. The number of benzene rings is 1. The molecule has 3 unspecified atom stereocenters. The van der Waals surface area contributed by atoms with E-state index >= 15 is 0 Å². The van der Waals surface area contributed by atoms with Crippen molar-refractivity contribution in [2.24, 2.45) is 4.99 Å². The maximum atomic E-state index is 4.42. The van der Waals surface area contributed by atoms with Crippen LogP contribution >= 0.6 is 24.0 Å². The Morgan fingerprint density at radius 3 is 2.64 bits per heavy atom. The molecule has 0 radical (unpaired) electrons. The number of hydrogen-bond donors (Lipinski definition) is 2. The molecular weight excluding hydrogens is 461 g/mol. The van der Waals surface area contributed by atoms with Crippen molar-refractivity contribution in [3.63, 3.8) is 0 Å². The number of nitrogens with one attached hydrogen (secondary N) is 2. The Morgan fingerprint density at radius 1 is 1.32 bits per heavy atom. The number of piperidine rings is 1. The number of likely N-dealkylation sites (tertiary alicyclic amines) is 1. The predicted molar refractivity (Wildman–Crippen MR) is 132 cm³/mol. The maximum Gasteiger partial charge on any atom is 0.191 e. The Morgan fingerprint density at radius 2 is 2.04 bits per heavy atom. The second-order valence-electron chi connectivity index (χ2n) is 7.91. The highest BCUT2D eigenvalue weighted by Crippen LogP contribution is 2.19. The number of halogens is 1. The second-order valence-corrected chi connectivity index (χ2v) is 7.91. The lowest BCUT2D eigenvalue weighted by Crippen LogP contribution is -2.52. The van der Waals surface area contributed by atoms with E-state index < -0.39 is 0 Å². The topological polar surface area (TPSA) is 42.9 Å². The lowest BCUT2D eigenvalue weighted by molar-refractivity contribution is 0.134. The minimum atomic E-state index is 0. The SMILES string of the molecule is CCC(C)N(C)CCNC(=NC)NC1CCN(Cc2ccccc2)C(C)C1.I. The van der Waals surface area contributed by atoms with Crippen molar-refractivity contribution < 1.29 is 0 Å². The molecule has 2 N–H and O–H groups in total. The summed E-state index contributed by atoms with van der Waals surface area (Å²) in [6.07, 6.45) is 3.49. The van der Waals surface area contributed by atoms with Crippen LogP contribution in [-0.4, -0.2) is 67.6 Å². The number of nitrogens with zero attached hydrogens (tertiary/aromatic N) is 3. The number of guanidine groups is 1. The third kappa shape index (κ3) is 8.25. The van der Waals surface area contributed by atoms with Gasteiger partial charge < -0.3 is 15.5 Å². The molecule has 0 saturated carbocycles. The normalized spacial score (nSPS) is 21.9. The van der Waals surface area contributed by atoms with Crippen molar-refractivity contribution in [1.29, 1.82) is 0 Å². The Bertz CT molecular complexity index is 565. The van der Waals surface area contributed by atoms with Gasteiger partial charge >= 0.3 is 0 Å². The Labute approximate surface area is 189 Å². The lowest BCUT2D eigenvalue weighted by Gasteiger charge is -2.38. The van der Waals surface area contributed by atoms with Gasteiger partial charge in [-0.1, -0.05) is 37.3 Å². The van der Waals surface area contributed by atoms with Gasteiger partial charge in [0.05, 0.1) is 0 Å². The van der Waals surface area contributed by atoms with Gasteiger partial charge in [0, 0.05) is 51.4 Å². The number of rotatable bonds is 8. The van der Waals surface area contributed by atoms with Gasteiger partial charge in [0.25, 0.3) is 0 Å². The second kappa shape index (κ2) is 13.4. The molecule has 1 heterocycles. The number of aliphatic imine (C=N–C) groups is 1. The van der Waals surface area contributed by atoms with E-state index in [1.165, 1.54) is 12.0 Å². The van der Waals surface area contributed by atoms with E-state index in [0.717, 1.165) is 45.0 Å². The molecule has 5 nitrogen and oxygen atoms in total. The summed E-state index contributed by atoms with van der Waals surface area (Å²) in [5, 5.41) is 7.11. The maximum absolute atomic E-state index is 4.42. The van der Waals surface area contributed by atoms with Crippen molar-refractivity contribution in [3.8, 4) is 0 Å². The molecule has 0 aromatic heterocycles. The molecule has 6 heteroatoms. The van der Waals surface area contributed by atoms with Crippen molar-refractivity contribution in [3.05, 3.63) is 35.9 Å². The van der Waals surface area contributed by atoms with Gasteiger partial charge in [-0.05, 0) is 45.7 Å². The monoisotopic (exact) mass is 501 g/mol. The highest BCUT2D eigenvalue weighted by Gasteiger charge is 2.25. The largest absolute Gasteiger partial charge is 0.355 e. The van der Waals surface area contributed by atoms with Crippen molar-refractivity contribution in [1.82, 2.24) is 20.4 Å². The van der Waals surface area contributed by atoms with E-state index in [9.17, 15) is 0 Å². The highest BCUT2D eigenvalue weighted by molar-refractivity contribution is 14.0. The minimum Gasteiger partial charge on any atom is -0.355 e. The Kier molecular flexibility index (Phi) is 12.0. The van der Waals surface area contributed by atoms with E-state index in [2.05, 4.69) is 83.6 Å². The molecule has 0 amide bonds.